The van der Waals surface area contributed by atoms with Crippen molar-refractivity contribution in [3.63, 3.8) is 0 Å². The number of rotatable bonds is 12. The van der Waals surface area contributed by atoms with Crippen molar-refractivity contribution >= 4 is 35.1 Å². The van der Waals surface area contributed by atoms with Gasteiger partial charge in [0.2, 0.25) is 11.7 Å². The molecule has 0 unspecified atom stereocenters. The molecule has 176 valence electrons. The van der Waals surface area contributed by atoms with Gasteiger partial charge in [-0.1, -0.05) is 43.5 Å². The lowest BCUT2D eigenvalue weighted by atomic mass is 10.2. The van der Waals surface area contributed by atoms with E-state index in [2.05, 4.69) is 17.6 Å². The van der Waals surface area contributed by atoms with E-state index < -0.39 is 5.97 Å². The highest BCUT2D eigenvalue weighted by Gasteiger charge is 2.14. The number of carboxylic acid groups (broad SMARTS) is 1. The molecule has 33 heavy (non-hydrogen) atoms. The second kappa shape index (κ2) is 11.5. The predicted octanol–water partition coefficient (Wildman–Crippen LogP) is 3.40. The summed E-state index contributed by atoms with van der Waals surface area (Å²) >= 11 is 5.99. The van der Waals surface area contributed by atoms with Crippen LogP contribution in [0.4, 0.5) is 5.82 Å². The summed E-state index contributed by atoms with van der Waals surface area (Å²) in [6.45, 7) is 3.18. The monoisotopic (exact) mass is 473 g/mol. The molecule has 10 heteroatoms. The van der Waals surface area contributed by atoms with Crippen molar-refractivity contribution in [3.05, 3.63) is 51.9 Å². The molecule has 0 saturated heterocycles. The summed E-state index contributed by atoms with van der Waals surface area (Å²) in [5.74, 6) is -0.0989. The van der Waals surface area contributed by atoms with Gasteiger partial charge in [-0.05, 0) is 18.6 Å². The molecule has 2 heterocycles. The number of halogens is 1. The molecule has 0 atom stereocenters. The fourth-order valence-electron chi connectivity index (χ4n) is 3.44. The predicted molar refractivity (Wildman–Crippen MR) is 128 cm³/mol. The van der Waals surface area contributed by atoms with Crippen LogP contribution in [0.5, 0.6) is 0 Å². The van der Waals surface area contributed by atoms with Crippen LogP contribution in [0.2, 0.25) is 5.02 Å². The van der Waals surface area contributed by atoms with Crippen molar-refractivity contribution in [2.24, 2.45) is 0 Å². The lowest BCUT2D eigenvalue weighted by molar-refractivity contribution is -0.136. The number of carbonyl (C=O) groups is 2. The Hall–Kier alpha value is -3.33. The molecule has 0 aliphatic heterocycles. The number of nitrogens with zero attached hydrogens (tertiary/aromatic N) is 3. The Morgan fingerprint density at radius 2 is 1.88 bits per heavy atom. The van der Waals surface area contributed by atoms with Gasteiger partial charge in [0, 0.05) is 48.9 Å². The summed E-state index contributed by atoms with van der Waals surface area (Å²) in [5.41, 5.74) is 1.30. The minimum Gasteiger partial charge on any atom is -0.481 e. The van der Waals surface area contributed by atoms with E-state index in [9.17, 15) is 14.4 Å². The minimum atomic E-state index is -0.963. The van der Waals surface area contributed by atoms with E-state index in [1.165, 1.54) is 10.5 Å². The highest BCUT2D eigenvalue weighted by molar-refractivity contribution is 6.30. The molecule has 0 saturated carbocycles. The Bertz CT molecular complexity index is 1170. The maximum absolute atomic E-state index is 12.8. The molecular weight excluding hydrogens is 446 g/mol. The van der Waals surface area contributed by atoms with Crippen LogP contribution < -0.4 is 16.2 Å². The smallest absolute Gasteiger partial charge is 0.305 e. The van der Waals surface area contributed by atoms with Crippen LogP contribution in [0.15, 0.2) is 41.3 Å². The number of imidazole rings is 1. The molecule has 0 bridgehead atoms. The minimum absolute atomic E-state index is 0.0867. The van der Waals surface area contributed by atoms with Gasteiger partial charge in [0.25, 0.3) is 5.56 Å². The van der Waals surface area contributed by atoms with E-state index in [1.54, 1.807) is 18.3 Å². The average Bonchev–Trinajstić information content (AvgIpc) is 3.22. The molecule has 1 amide bonds. The maximum Gasteiger partial charge on any atom is 0.305 e. The Labute approximate surface area is 196 Å². The van der Waals surface area contributed by atoms with Gasteiger partial charge in [0.1, 0.15) is 5.82 Å². The van der Waals surface area contributed by atoms with Crippen molar-refractivity contribution in [2.75, 3.05) is 18.4 Å². The van der Waals surface area contributed by atoms with Gasteiger partial charge in [-0.3, -0.25) is 23.4 Å². The third-order valence-electron chi connectivity index (χ3n) is 5.16. The molecule has 3 aromatic rings. The molecule has 2 aromatic heterocycles. The lowest BCUT2D eigenvalue weighted by Gasteiger charge is -2.16. The largest absolute Gasteiger partial charge is 0.481 e. The number of carboxylic acids is 1. The number of hydrogen-bond donors (Lipinski definition) is 3. The van der Waals surface area contributed by atoms with Gasteiger partial charge in [-0.25, -0.2) is 4.98 Å². The topological polar surface area (TPSA) is 118 Å². The number of nitrogens with one attached hydrogen (secondary N) is 2. The molecule has 0 aliphatic carbocycles. The quantitative estimate of drug-likeness (QED) is 0.347. The van der Waals surface area contributed by atoms with Crippen LogP contribution in [-0.4, -0.2) is 44.0 Å². The van der Waals surface area contributed by atoms with Crippen LogP contribution in [0.1, 0.15) is 39.0 Å². The van der Waals surface area contributed by atoms with Crippen LogP contribution >= 0.6 is 11.6 Å². The molecule has 0 aliphatic rings. The molecule has 0 radical (unpaired) electrons. The number of aliphatic carboxylic acids is 1. The van der Waals surface area contributed by atoms with Crippen LogP contribution in [0, 0.1) is 0 Å². The first-order valence-corrected chi connectivity index (χ1v) is 11.4. The van der Waals surface area contributed by atoms with Crippen molar-refractivity contribution < 1.29 is 14.7 Å². The molecule has 1 aromatic carbocycles. The number of amides is 1. The number of carbonyl (C=O) groups excluding carboxylic acids is 1. The fraction of sp³-hybridized carbons (Fsp3) is 0.391. The summed E-state index contributed by atoms with van der Waals surface area (Å²) in [5, 5.41) is 15.0. The van der Waals surface area contributed by atoms with Crippen molar-refractivity contribution in [1.82, 2.24) is 19.3 Å². The zero-order chi connectivity index (χ0) is 23.8. The van der Waals surface area contributed by atoms with E-state index in [0.717, 1.165) is 24.8 Å². The van der Waals surface area contributed by atoms with Crippen molar-refractivity contribution in [2.45, 2.75) is 45.6 Å². The second-order valence-corrected chi connectivity index (χ2v) is 8.14. The molecular formula is C23H28ClN5O4. The van der Waals surface area contributed by atoms with Crippen LogP contribution in [-0.2, 0) is 16.1 Å². The number of hydrogen-bond acceptors (Lipinski definition) is 5. The van der Waals surface area contributed by atoms with Gasteiger partial charge in [0.15, 0.2) is 0 Å². The van der Waals surface area contributed by atoms with Gasteiger partial charge < -0.3 is 15.7 Å². The summed E-state index contributed by atoms with van der Waals surface area (Å²) in [6.07, 6.45) is 4.76. The first kappa shape index (κ1) is 24.3. The first-order valence-electron chi connectivity index (χ1n) is 11.0. The Morgan fingerprint density at radius 3 is 2.58 bits per heavy atom. The highest BCUT2D eigenvalue weighted by Crippen LogP contribution is 2.22. The number of benzene rings is 1. The zero-order valence-corrected chi connectivity index (χ0v) is 19.3. The summed E-state index contributed by atoms with van der Waals surface area (Å²) in [4.78, 5) is 40.0. The number of anilines is 1. The molecule has 9 nitrogen and oxygen atoms in total. The van der Waals surface area contributed by atoms with Crippen LogP contribution in [0.25, 0.3) is 17.0 Å². The Balaban J connectivity index is 1.83. The van der Waals surface area contributed by atoms with Gasteiger partial charge in [-0.15, -0.1) is 0 Å². The fourth-order valence-corrected chi connectivity index (χ4v) is 3.57. The number of unbranched alkanes of at least 4 members (excludes halogenated alkanes) is 2. The first-order chi connectivity index (χ1) is 15.9. The molecule has 0 fully saturated rings. The third-order valence-corrected chi connectivity index (χ3v) is 5.41. The van der Waals surface area contributed by atoms with E-state index in [0.29, 0.717) is 35.4 Å². The summed E-state index contributed by atoms with van der Waals surface area (Å²) in [7, 11) is 0. The second-order valence-electron chi connectivity index (χ2n) is 7.70. The molecule has 3 rings (SSSR count). The normalized spacial score (nSPS) is 11.0. The number of aromatic nitrogens is 3. The standard InChI is InChI=1S/C23H28ClN5O4/c1-2-3-4-13-28-19(25-11-9-20(30)26-12-10-22(32)33)14-21(31)29-15-18(27-23(28)29)16-5-7-17(24)8-6-16/h5-8,14-15,25H,2-4,9-13H2,1H3,(H,26,30)(H,32,33). The van der Waals surface area contributed by atoms with Gasteiger partial charge in [-0.2, -0.15) is 0 Å². The van der Waals surface area contributed by atoms with E-state index in [4.69, 9.17) is 21.7 Å². The van der Waals surface area contributed by atoms with E-state index in [-0.39, 0.29) is 30.9 Å². The average molecular weight is 474 g/mol. The number of aryl methyl sites for hydroxylation is 1. The third kappa shape index (κ3) is 6.58. The molecule has 3 N–H and O–H groups in total. The Morgan fingerprint density at radius 1 is 1.12 bits per heavy atom. The number of fused-ring (bicyclic) bond motifs is 1. The maximum atomic E-state index is 12.8. The summed E-state index contributed by atoms with van der Waals surface area (Å²) in [6, 6.07) is 8.79. The van der Waals surface area contributed by atoms with Gasteiger partial charge >= 0.3 is 5.97 Å². The van der Waals surface area contributed by atoms with Crippen LogP contribution in [0.3, 0.4) is 0 Å². The van der Waals surface area contributed by atoms with E-state index in [1.807, 2.05) is 16.7 Å². The molecule has 0 spiro atoms. The highest BCUT2D eigenvalue weighted by atomic mass is 35.5. The lowest BCUT2D eigenvalue weighted by Crippen LogP contribution is -2.28. The van der Waals surface area contributed by atoms with Crippen molar-refractivity contribution in [3.8, 4) is 11.3 Å². The van der Waals surface area contributed by atoms with Crippen molar-refractivity contribution in [1.29, 1.82) is 0 Å². The SMILES string of the molecule is CCCCCn1c(NCCC(=O)NCCC(=O)O)cc(=O)n2cc(-c3ccc(Cl)cc3)nc12. The van der Waals surface area contributed by atoms with E-state index >= 15 is 0 Å². The van der Waals surface area contributed by atoms with Gasteiger partial charge in [0.05, 0.1) is 12.1 Å². The Kier molecular flexibility index (Phi) is 8.48. The summed E-state index contributed by atoms with van der Waals surface area (Å²) < 4.78 is 3.48. The zero-order valence-electron chi connectivity index (χ0n) is 18.5.